The van der Waals surface area contributed by atoms with Crippen LogP contribution in [-0.4, -0.2) is 33.1 Å². The lowest BCUT2D eigenvalue weighted by molar-refractivity contribution is -0.115. The lowest BCUT2D eigenvalue weighted by Gasteiger charge is -2.17. The molecule has 0 aliphatic carbocycles. The van der Waals surface area contributed by atoms with E-state index in [1.54, 1.807) is 42.6 Å². The SMILES string of the molecule is COc1cnccc1-c1noc(/C=C/c2csc(N(C(C)=O)c3ccccc3)n2)n1. The summed E-state index contributed by atoms with van der Waals surface area (Å²) < 4.78 is 10.6. The van der Waals surface area contributed by atoms with Crippen molar-refractivity contribution < 1.29 is 14.1 Å². The summed E-state index contributed by atoms with van der Waals surface area (Å²) in [5.41, 5.74) is 2.13. The number of para-hydroxylation sites is 1. The smallest absolute Gasteiger partial charge is 0.251 e. The molecule has 0 aliphatic heterocycles. The quantitative estimate of drug-likeness (QED) is 0.456. The Morgan fingerprint density at radius 1 is 1.17 bits per heavy atom. The largest absolute Gasteiger partial charge is 0.494 e. The van der Waals surface area contributed by atoms with E-state index in [1.807, 2.05) is 35.7 Å². The van der Waals surface area contributed by atoms with Crippen LogP contribution >= 0.6 is 11.3 Å². The summed E-state index contributed by atoms with van der Waals surface area (Å²) in [6, 6.07) is 11.1. The third-order valence-electron chi connectivity index (χ3n) is 4.11. The van der Waals surface area contributed by atoms with Gasteiger partial charge in [0, 0.05) is 24.6 Å². The zero-order chi connectivity index (χ0) is 20.9. The molecule has 0 N–H and O–H groups in total. The van der Waals surface area contributed by atoms with Gasteiger partial charge < -0.3 is 9.26 Å². The molecule has 0 radical (unpaired) electrons. The highest BCUT2D eigenvalue weighted by molar-refractivity contribution is 7.14. The zero-order valence-electron chi connectivity index (χ0n) is 16.2. The van der Waals surface area contributed by atoms with Gasteiger partial charge in [0.2, 0.25) is 11.7 Å². The summed E-state index contributed by atoms with van der Waals surface area (Å²) >= 11 is 1.38. The van der Waals surface area contributed by atoms with Crippen molar-refractivity contribution in [2.75, 3.05) is 12.0 Å². The Labute approximate surface area is 176 Å². The minimum Gasteiger partial charge on any atom is -0.494 e. The molecule has 0 spiro atoms. The Bertz CT molecular complexity index is 1190. The monoisotopic (exact) mass is 419 g/mol. The van der Waals surface area contributed by atoms with Crippen LogP contribution in [0.3, 0.4) is 0 Å². The number of carbonyl (C=O) groups excluding carboxylic acids is 1. The maximum atomic E-state index is 12.1. The van der Waals surface area contributed by atoms with E-state index in [1.165, 1.54) is 18.3 Å². The first-order valence-electron chi connectivity index (χ1n) is 8.97. The van der Waals surface area contributed by atoms with Gasteiger partial charge in [-0.25, -0.2) is 4.98 Å². The Balaban J connectivity index is 1.54. The molecule has 150 valence electrons. The number of aromatic nitrogens is 4. The first-order chi connectivity index (χ1) is 14.7. The number of nitrogens with zero attached hydrogens (tertiary/aromatic N) is 5. The van der Waals surface area contributed by atoms with E-state index in [0.717, 1.165) is 5.69 Å². The molecule has 0 unspecified atom stereocenters. The number of amides is 1. The van der Waals surface area contributed by atoms with Crippen molar-refractivity contribution in [3.05, 3.63) is 65.8 Å². The lowest BCUT2D eigenvalue weighted by atomic mass is 10.2. The average Bonchev–Trinajstić information content (AvgIpc) is 3.43. The molecule has 30 heavy (non-hydrogen) atoms. The van der Waals surface area contributed by atoms with Crippen molar-refractivity contribution >= 4 is 40.2 Å². The van der Waals surface area contributed by atoms with Crippen molar-refractivity contribution in [3.8, 4) is 17.1 Å². The molecule has 1 aromatic carbocycles. The van der Waals surface area contributed by atoms with Gasteiger partial charge in [-0.05, 0) is 24.3 Å². The summed E-state index contributed by atoms with van der Waals surface area (Å²) in [4.78, 5) is 26.6. The van der Waals surface area contributed by atoms with Gasteiger partial charge in [0.05, 0.1) is 30.3 Å². The number of methoxy groups -OCH3 is 1. The van der Waals surface area contributed by atoms with Crippen LogP contribution in [0.25, 0.3) is 23.5 Å². The maximum Gasteiger partial charge on any atom is 0.251 e. The summed E-state index contributed by atoms with van der Waals surface area (Å²) in [5.74, 6) is 1.17. The zero-order valence-corrected chi connectivity index (χ0v) is 17.0. The van der Waals surface area contributed by atoms with Gasteiger partial charge in [-0.15, -0.1) is 11.3 Å². The Morgan fingerprint density at radius 3 is 2.77 bits per heavy atom. The van der Waals surface area contributed by atoms with Crippen LogP contribution < -0.4 is 9.64 Å². The summed E-state index contributed by atoms with van der Waals surface area (Å²) in [7, 11) is 1.56. The molecule has 0 fully saturated rings. The standard InChI is InChI=1S/C21H17N5O3S/c1-14(27)26(16-6-4-3-5-7-16)21-23-15(13-30-21)8-9-19-24-20(25-29-19)17-10-11-22-12-18(17)28-2/h3-13H,1-2H3/b9-8+. The van der Waals surface area contributed by atoms with E-state index in [0.29, 0.717) is 33.9 Å². The van der Waals surface area contributed by atoms with E-state index in [4.69, 9.17) is 9.26 Å². The first kappa shape index (κ1) is 19.5. The molecule has 9 heteroatoms. The third kappa shape index (κ3) is 4.11. The molecule has 0 saturated carbocycles. The molecule has 0 bridgehead atoms. The molecule has 1 amide bonds. The minimum atomic E-state index is -0.112. The van der Waals surface area contributed by atoms with Crippen LogP contribution in [0.2, 0.25) is 0 Å². The van der Waals surface area contributed by atoms with Crippen LogP contribution in [0.5, 0.6) is 5.75 Å². The molecule has 4 aromatic rings. The molecular weight excluding hydrogens is 402 g/mol. The Hall–Kier alpha value is -3.85. The second-order valence-corrected chi connectivity index (χ2v) is 6.95. The van der Waals surface area contributed by atoms with Gasteiger partial charge in [-0.1, -0.05) is 23.4 Å². The fourth-order valence-corrected chi connectivity index (χ4v) is 3.61. The number of carbonyl (C=O) groups is 1. The first-order valence-corrected chi connectivity index (χ1v) is 9.85. The summed E-state index contributed by atoms with van der Waals surface area (Å²) in [6.45, 7) is 1.51. The summed E-state index contributed by atoms with van der Waals surface area (Å²) in [6.07, 6.45) is 6.65. The van der Waals surface area contributed by atoms with Gasteiger partial charge in [-0.2, -0.15) is 4.98 Å². The number of hydrogen-bond donors (Lipinski definition) is 0. The normalized spacial score (nSPS) is 11.0. The number of rotatable bonds is 6. The van der Waals surface area contributed by atoms with Crippen LogP contribution in [0.1, 0.15) is 18.5 Å². The van der Waals surface area contributed by atoms with Crippen molar-refractivity contribution in [2.45, 2.75) is 6.92 Å². The molecule has 3 aromatic heterocycles. The Kier molecular flexibility index (Phi) is 5.62. The molecule has 0 saturated heterocycles. The average molecular weight is 419 g/mol. The number of anilines is 2. The fraction of sp³-hybridized carbons (Fsp3) is 0.0952. The second kappa shape index (κ2) is 8.66. The minimum absolute atomic E-state index is 0.112. The molecule has 4 rings (SSSR count). The van der Waals surface area contributed by atoms with Crippen molar-refractivity contribution in [2.24, 2.45) is 0 Å². The molecular formula is C21H17N5O3S. The van der Waals surface area contributed by atoms with E-state index in [2.05, 4.69) is 20.1 Å². The molecule has 3 heterocycles. The predicted octanol–water partition coefficient (Wildman–Crippen LogP) is 4.45. The molecule has 0 atom stereocenters. The number of benzene rings is 1. The van der Waals surface area contributed by atoms with E-state index >= 15 is 0 Å². The highest BCUT2D eigenvalue weighted by Crippen LogP contribution is 2.29. The number of hydrogen-bond acceptors (Lipinski definition) is 8. The maximum absolute atomic E-state index is 12.1. The number of ether oxygens (including phenoxy) is 1. The van der Waals surface area contributed by atoms with Crippen LogP contribution in [-0.2, 0) is 4.79 Å². The highest BCUT2D eigenvalue weighted by atomic mass is 32.1. The highest BCUT2D eigenvalue weighted by Gasteiger charge is 2.17. The third-order valence-corrected chi connectivity index (χ3v) is 4.96. The Morgan fingerprint density at radius 2 is 2.00 bits per heavy atom. The summed E-state index contributed by atoms with van der Waals surface area (Å²) in [5, 5.41) is 6.43. The number of pyridine rings is 1. The van der Waals surface area contributed by atoms with Gasteiger partial charge in [0.1, 0.15) is 5.75 Å². The van der Waals surface area contributed by atoms with Crippen LogP contribution in [0, 0.1) is 0 Å². The fourth-order valence-electron chi connectivity index (χ4n) is 2.76. The molecule has 0 aliphatic rings. The van der Waals surface area contributed by atoms with Crippen molar-refractivity contribution in [1.29, 1.82) is 0 Å². The topological polar surface area (TPSA) is 94.2 Å². The van der Waals surface area contributed by atoms with Gasteiger partial charge in [0.25, 0.3) is 5.89 Å². The van der Waals surface area contributed by atoms with Crippen molar-refractivity contribution in [3.63, 3.8) is 0 Å². The predicted molar refractivity (Wildman–Crippen MR) is 114 cm³/mol. The van der Waals surface area contributed by atoms with E-state index < -0.39 is 0 Å². The van der Waals surface area contributed by atoms with E-state index in [9.17, 15) is 4.79 Å². The van der Waals surface area contributed by atoms with Crippen LogP contribution in [0.4, 0.5) is 10.8 Å². The second-order valence-electron chi connectivity index (χ2n) is 6.11. The number of thiazole rings is 1. The van der Waals surface area contributed by atoms with Gasteiger partial charge in [0.15, 0.2) is 5.13 Å². The van der Waals surface area contributed by atoms with Gasteiger partial charge >= 0.3 is 0 Å². The van der Waals surface area contributed by atoms with E-state index in [-0.39, 0.29) is 5.91 Å². The van der Waals surface area contributed by atoms with Crippen molar-refractivity contribution in [1.82, 2.24) is 20.1 Å². The molecule has 8 nitrogen and oxygen atoms in total. The van der Waals surface area contributed by atoms with Crippen LogP contribution in [0.15, 0.2) is 58.7 Å². The van der Waals surface area contributed by atoms with Gasteiger partial charge in [-0.3, -0.25) is 14.7 Å². The lowest BCUT2D eigenvalue weighted by Crippen LogP contribution is -2.22.